The highest BCUT2D eigenvalue weighted by molar-refractivity contribution is 5.76. The maximum atomic E-state index is 14.6. The second-order valence-corrected chi connectivity index (χ2v) is 6.27. The van der Waals surface area contributed by atoms with Gasteiger partial charge in [-0.1, -0.05) is 6.92 Å². The van der Waals surface area contributed by atoms with Gasteiger partial charge in [0, 0.05) is 6.61 Å². The smallest absolute Gasteiger partial charge is 0.450 e. The highest BCUT2D eigenvalue weighted by Crippen LogP contribution is 2.56. The van der Waals surface area contributed by atoms with Crippen LogP contribution in [0.1, 0.15) is 41.0 Å². The minimum absolute atomic E-state index is 0.268. The van der Waals surface area contributed by atoms with E-state index in [1.807, 2.05) is 0 Å². The van der Waals surface area contributed by atoms with Gasteiger partial charge in [0.15, 0.2) is 0 Å². The molecule has 0 bridgehead atoms. The molecule has 23 heavy (non-hydrogen) atoms. The van der Waals surface area contributed by atoms with Crippen LogP contribution in [0.2, 0.25) is 0 Å². The van der Waals surface area contributed by atoms with Crippen LogP contribution in [0.3, 0.4) is 0 Å². The van der Waals surface area contributed by atoms with E-state index in [-0.39, 0.29) is 6.42 Å². The molecule has 1 rings (SSSR count). The maximum Gasteiger partial charge on any atom is 0.450 e. The zero-order chi connectivity index (χ0) is 18.3. The summed E-state index contributed by atoms with van der Waals surface area (Å²) < 4.78 is 82.2. The molecule has 0 aromatic heterocycles. The van der Waals surface area contributed by atoms with Crippen molar-refractivity contribution in [1.29, 1.82) is 0 Å². The molecule has 1 aliphatic heterocycles. The minimum atomic E-state index is -5.50. The Morgan fingerprint density at radius 2 is 1.74 bits per heavy atom. The first-order valence-electron chi connectivity index (χ1n) is 7.16. The zero-order valence-corrected chi connectivity index (χ0v) is 13.6. The molecule has 136 valence electrons. The number of alkyl halides is 5. The summed E-state index contributed by atoms with van der Waals surface area (Å²) in [6.45, 7) is 4.59. The molecule has 0 N–H and O–H groups in total. The largest absolute Gasteiger partial charge is 0.450 e. The van der Waals surface area contributed by atoms with Gasteiger partial charge in [-0.3, -0.25) is 4.79 Å². The maximum absolute atomic E-state index is 14.6. The van der Waals surface area contributed by atoms with Gasteiger partial charge >= 0.3 is 23.9 Å². The number of esters is 1. The number of carbonyl (C=O) groups is 1. The van der Waals surface area contributed by atoms with Gasteiger partial charge in [-0.2, -0.15) is 22.0 Å². The highest BCUT2D eigenvalue weighted by atomic mass is 19.4. The number of hydrogen-bond donors (Lipinski definition) is 0. The first kappa shape index (κ1) is 20.1. The van der Waals surface area contributed by atoms with Gasteiger partial charge in [0.2, 0.25) is 5.60 Å². The van der Waals surface area contributed by atoms with E-state index in [2.05, 4.69) is 9.47 Å². The quantitative estimate of drug-likeness (QED) is 0.562. The van der Waals surface area contributed by atoms with Gasteiger partial charge in [-0.25, -0.2) is 0 Å². The second-order valence-electron chi connectivity index (χ2n) is 6.27. The van der Waals surface area contributed by atoms with E-state index in [1.54, 1.807) is 6.92 Å². The molecule has 0 radical (unpaired) electrons. The molecule has 2 atom stereocenters. The second kappa shape index (κ2) is 5.84. The lowest BCUT2D eigenvalue weighted by Gasteiger charge is -2.39. The Labute approximate surface area is 131 Å². The van der Waals surface area contributed by atoms with Crippen LogP contribution in [0.5, 0.6) is 0 Å². The first-order chi connectivity index (χ1) is 10.2. The lowest BCUT2D eigenvalue weighted by molar-refractivity contribution is -0.422. The molecule has 0 spiro atoms. The van der Waals surface area contributed by atoms with Crippen molar-refractivity contribution >= 4 is 5.97 Å². The molecule has 4 nitrogen and oxygen atoms in total. The molecule has 0 amide bonds. The van der Waals surface area contributed by atoms with Crippen molar-refractivity contribution in [1.82, 2.24) is 0 Å². The molecule has 1 heterocycles. The molecule has 1 saturated heterocycles. The molecule has 0 aromatic rings. The van der Waals surface area contributed by atoms with E-state index in [0.717, 1.165) is 6.92 Å². The van der Waals surface area contributed by atoms with E-state index < -0.39 is 48.1 Å². The number of halogens is 5. The monoisotopic (exact) mass is 348 g/mol. The third kappa shape index (κ3) is 2.93. The van der Waals surface area contributed by atoms with Crippen LogP contribution >= 0.6 is 0 Å². The average Bonchev–Trinajstić information content (AvgIpc) is 2.60. The number of hydrogen-bond acceptors (Lipinski definition) is 4. The lowest BCUT2D eigenvalue weighted by atomic mass is 9.89. The van der Waals surface area contributed by atoms with E-state index in [1.165, 1.54) is 13.8 Å². The van der Waals surface area contributed by atoms with Crippen molar-refractivity contribution in [2.24, 2.45) is 5.41 Å². The van der Waals surface area contributed by atoms with Crippen LogP contribution in [-0.4, -0.2) is 42.7 Å². The van der Waals surface area contributed by atoms with Gasteiger partial charge < -0.3 is 14.2 Å². The van der Waals surface area contributed by atoms with Crippen LogP contribution in [0.15, 0.2) is 0 Å². The number of carbonyl (C=O) groups excluding carboxylic acids is 1. The zero-order valence-electron chi connectivity index (χ0n) is 13.6. The van der Waals surface area contributed by atoms with E-state index >= 15 is 0 Å². The SMILES string of the molecule is CCOC1(C(F)(F)F)OCC(C)(OC(=O)C(C)(C)CC)C1(F)F. The summed E-state index contributed by atoms with van der Waals surface area (Å²) >= 11 is 0. The van der Waals surface area contributed by atoms with Crippen molar-refractivity contribution in [2.75, 3.05) is 13.2 Å². The van der Waals surface area contributed by atoms with E-state index in [0.29, 0.717) is 6.92 Å². The molecular weight excluding hydrogens is 327 g/mol. The predicted octanol–water partition coefficient (Wildman–Crippen LogP) is 3.69. The Bertz CT molecular complexity index is 463. The topological polar surface area (TPSA) is 44.8 Å². The van der Waals surface area contributed by atoms with Crippen LogP contribution in [0.4, 0.5) is 22.0 Å². The standard InChI is InChI=1S/C14H21F5O4/c1-6-10(3,4)9(20)23-11(5)8-22-13(21-7-2,12(11,15)16)14(17,18)19/h6-8H2,1-5H3. The number of ether oxygens (including phenoxy) is 3. The Hall–Kier alpha value is -0.960. The lowest BCUT2D eigenvalue weighted by Crippen LogP contribution is -2.65. The summed E-state index contributed by atoms with van der Waals surface area (Å²) in [6.07, 6.45) is -5.23. The average molecular weight is 348 g/mol. The van der Waals surface area contributed by atoms with Gasteiger partial charge in [0.1, 0.15) is 0 Å². The Kier molecular flexibility index (Phi) is 5.10. The van der Waals surface area contributed by atoms with Crippen LogP contribution in [0, 0.1) is 5.41 Å². The fourth-order valence-electron chi connectivity index (χ4n) is 2.03. The first-order valence-corrected chi connectivity index (χ1v) is 7.16. The Morgan fingerprint density at radius 1 is 1.22 bits per heavy atom. The van der Waals surface area contributed by atoms with Crippen molar-refractivity contribution < 1.29 is 41.0 Å². The molecule has 0 aromatic carbocycles. The van der Waals surface area contributed by atoms with Crippen LogP contribution in [-0.2, 0) is 19.0 Å². The molecule has 9 heteroatoms. The fourth-order valence-corrected chi connectivity index (χ4v) is 2.03. The molecule has 0 aliphatic carbocycles. The van der Waals surface area contributed by atoms with Crippen molar-refractivity contribution in [3.05, 3.63) is 0 Å². The van der Waals surface area contributed by atoms with Crippen molar-refractivity contribution in [2.45, 2.75) is 64.5 Å². The van der Waals surface area contributed by atoms with Crippen LogP contribution in [0.25, 0.3) is 0 Å². The summed E-state index contributed by atoms with van der Waals surface area (Å²) in [5, 5.41) is 0. The van der Waals surface area contributed by atoms with Gasteiger partial charge in [-0.15, -0.1) is 0 Å². The van der Waals surface area contributed by atoms with Gasteiger partial charge in [0.05, 0.1) is 12.0 Å². The third-order valence-corrected chi connectivity index (χ3v) is 4.10. The molecule has 1 aliphatic rings. The molecule has 0 saturated carbocycles. The van der Waals surface area contributed by atoms with Gasteiger partial charge in [-0.05, 0) is 34.1 Å². The summed E-state index contributed by atoms with van der Waals surface area (Å²) in [5.74, 6) is -9.78. The van der Waals surface area contributed by atoms with Crippen molar-refractivity contribution in [3.8, 4) is 0 Å². The summed E-state index contributed by atoms with van der Waals surface area (Å²) in [7, 11) is 0. The normalized spacial score (nSPS) is 31.2. The third-order valence-electron chi connectivity index (χ3n) is 4.10. The molecule has 1 fully saturated rings. The number of rotatable bonds is 5. The predicted molar refractivity (Wildman–Crippen MR) is 69.9 cm³/mol. The minimum Gasteiger partial charge on any atom is -0.450 e. The molecule has 2 unspecified atom stereocenters. The van der Waals surface area contributed by atoms with Gasteiger partial charge in [0.25, 0.3) is 0 Å². The highest BCUT2D eigenvalue weighted by Gasteiger charge is 2.84. The molecular formula is C14H21F5O4. The Morgan fingerprint density at radius 3 is 2.13 bits per heavy atom. The summed E-state index contributed by atoms with van der Waals surface area (Å²) in [6, 6.07) is 0. The summed E-state index contributed by atoms with van der Waals surface area (Å²) in [5.41, 5.74) is -3.91. The van der Waals surface area contributed by atoms with E-state index in [9.17, 15) is 26.7 Å². The fraction of sp³-hybridized carbons (Fsp3) is 0.929. The Balaban J connectivity index is 3.24. The van der Waals surface area contributed by atoms with E-state index in [4.69, 9.17) is 4.74 Å². The van der Waals surface area contributed by atoms with Crippen molar-refractivity contribution in [3.63, 3.8) is 0 Å². The summed E-state index contributed by atoms with van der Waals surface area (Å²) in [4.78, 5) is 12.0. The van der Waals surface area contributed by atoms with Crippen LogP contribution < -0.4 is 0 Å².